The van der Waals surface area contributed by atoms with Crippen LogP contribution in [0.3, 0.4) is 0 Å². The smallest absolute Gasteiger partial charge is 0.237 e. The molecule has 0 bridgehead atoms. The minimum atomic E-state index is -0.994. The number of rotatable bonds is 4. The molecule has 3 atom stereocenters. The Kier molecular flexibility index (Phi) is 5.17. The lowest BCUT2D eigenvalue weighted by Gasteiger charge is -2.42. The summed E-state index contributed by atoms with van der Waals surface area (Å²) in [6.45, 7) is 3.50. The molecule has 6 heteroatoms. The molecule has 1 amide bonds. The van der Waals surface area contributed by atoms with Gasteiger partial charge in [-0.3, -0.25) is 4.79 Å². The number of nitrogens with two attached hydrogens (primary N) is 1. The number of hydrogen-bond acceptors (Lipinski definition) is 5. The van der Waals surface area contributed by atoms with Crippen LogP contribution in [0.2, 0.25) is 0 Å². The van der Waals surface area contributed by atoms with Gasteiger partial charge in [0, 0.05) is 5.56 Å². The number of aliphatic hydroxyl groups is 1. The molecule has 0 fully saturated rings. The molecule has 0 aliphatic carbocycles. The Morgan fingerprint density at radius 3 is 2.70 bits per heavy atom. The lowest BCUT2D eigenvalue weighted by atomic mass is 9.85. The number of hydrogen-bond donors (Lipinski definition) is 3. The van der Waals surface area contributed by atoms with Crippen LogP contribution in [0.15, 0.2) is 48.5 Å². The Balaban J connectivity index is 1.84. The first-order valence-corrected chi connectivity index (χ1v) is 8.83. The molecule has 0 radical (unpaired) electrons. The first-order chi connectivity index (χ1) is 12.8. The zero-order chi connectivity index (χ0) is 19.6. The number of amides is 1. The van der Waals surface area contributed by atoms with Crippen LogP contribution in [-0.2, 0) is 11.2 Å². The summed E-state index contributed by atoms with van der Waals surface area (Å²) in [6, 6.07) is 15.1. The second kappa shape index (κ2) is 7.39. The number of fused-ring (bicyclic) bond motifs is 1. The van der Waals surface area contributed by atoms with Gasteiger partial charge in [-0.15, -0.1) is 0 Å². The predicted octanol–water partition coefficient (Wildman–Crippen LogP) is 1.82. The fourth-order valence-electron chi connectivity index (χ4n) is 3.25. The molecular weight excluding hydrogens is 342 g/mol. The Hall–Kier alpha value is -2.88. The van der Waals surface area contributed by atoms with Crippen molar-refractivity contribution in [3.8, 4) is 11.8 Å². The van der Waals surface area contributed by atoms with Crippen LogP contribution in [0, 0.1) is 11.3 Å². The number of nitrogens with one attached hydrogen (secondary N) is 1. The fourth-order valence-corrected chi connectivity index (χ4v) is 3.25. The lowest BCUT2D eigenvalue weighted by Crippen LogP contribution is -2.55. The van der Waals surface area contributed by atoms with Gasteiger partial charge in [0.15, 0.2) is 0 Å². The van der Waals surface area contributed by atoms with Crippen LogP contribution in [0.25, 0.3) is 0 Å². The van der Waals surface area contributed by atoms with Crippen LogP contribution < -0.4 is 15.8 Å². The lowest BCUT2D eigenvalue weighted by molar-refractivity contribution is -0.126. The average molecular weight is 365 g/mol. The van der Waals surface area contributed by atoms with E-state index in [4.69, 9.17) is 15.7 Å². The van der Waals surface area contributed by atoms with Gasteiger partial charge >= 0.3 is 0 Å². The molecule has 1 aliphatic heterocycles. The Labute approximate surface area is 158 Å². The van der Waals surface area contributed by atoms with E-state index in [1.165, 1.54) is 0 Å². The number of carbonyl (C=O) groups excluding carboxylic acids is 1. The van der Waals surface area contributed by atoms with E-state index in [0.29, 0.717) is 23.3 Å². The highest BCUT2D eigenvalue weighted by Gasteiger charge is 2.44. The summed E-state index contributed by atoms with van der Waals surface area (Å²) < 4.78 is 5.86. The second-order valence-corrected chi connectivity index (χ2v) is 7.30. The van der Waals surface area contributed by atoms with Crippen LogP contribution in [0.1, 0.15) is 36.6 Å². The molecule has 27 heavy (non-hydrogen) atoms. The molecule has 0 saturated carbocycles. The Bertz CT molecular complexity index is 874. The van der Waals surface area contributed by atoms with Gasteiger partial charge in [0.25, 0.3) is 0 Å². The van der Waals surface area contributed by atoms with E-state index in [-0.39, 0.29) is 5.91 Å². The third-order valence-corrected chi connectivity index (χ3v) is 4.81. The van der Waals surface area contributed by atoms with Gasteiger partial charge in [-0.1, -0.05) is 30.3 Å². The third-order valence-electron chi connectivity index (χ3n) is 4.81. The van der Waals surface area contributed by atoms with E-state index >= 15 is 0 Å². The van der Waals surface area contributed by atoms with Gasteiger partial charge in [0.2, 0.25) is 5.91 Å². The molecule has 4 N–H and O–H groups in total. The maximum atomic E-state index is 12.7. The van der Waals surface area contributed by atoms with Crippen molar-refractivity contribution in [2.24, 2.45) is 5.73 Å². The zero-order valence-electron chi connectivity index (χ0n) is 15.3. The molecule has 2 aromatic carbocycles. The fraction of sp³-hybridized carbons (Fsp3) is 0.333. The summed E-state index contributed by atoms with van der Waals surface area (Å²) in [7, 11) is 0. The maximum absolute atomic E-state index is 12.7. The van der Waals surface area contributed by atoms with Crippen molar-refractivity contribution in [3.05, 3.63) is 65.2 Å². The SMILES string of the molecule is CC1(C)Oc2ccc(C#N)cc2[C@H](NC(=O)[C@@H](N)Cc2ccccc2)[C@H]1O. The van der Waals surface area contributed by atoms with E-state index in [2.05, 4.69) is 11.4 Å². The number of carbonyl (C=O) groups is 1. The van der Waals surface area contributed by atoms with Gasteiger partial charge in [-0.2, -0.15) is 5.26 Å². The van der Waals surface area contributed by atoms with Gasteiger partial charge in [-0.25, -0.2) is 0 Å². The van der Waals surface area contributed by atoms with Crippen molar-refractivity contribution in [2.75, 3.05) is 0 Å². The predicted molar refractivity (Wildman–Crippen MR) is 101 cm³/mol. The summed E-state index contributed by atoms with van der Waals surface area (Å²) in [4.78, 5) is 12.7. The number of aliphatic hydroxyl groups excluding tert-OH is 1. The first kappa shape index (κ1) is 18.9. The molecule has 0 saturated heterocycles. The van der Waals surface area contributed by atoms with E-state index in [1.54, 1.807) is 32.0 Å². The maximum Gasteiger partial charge on any atom is 0.237 e. The van der Waals surface area contributed by atoms with Gasteiger partial charge < -0.3 is 20.9 Å². The van der Waals surface area contributed by atoms with E-state index < -0.39 is 23.8 Å². The topological polar surface area (TPSA) is 108 Å². The van der Waals surface area contributed by atoms with Gasteiger partial charge in [0.05, 0.1) is 23.7 Å². The highest BCUT2D eigenvalue weighted by molar-refractivity contribution is 5.82. The monoisotopic (exact) mass is 365 g/mol. The Morgan fingerprint density at radius 2 is 2.04 bits per heavy atom. The molecule has 3 rings (SSSR count). The molecular formula is C21H23N3O3. The zero-order valence-corrected chi connectivity index (χ0v) is 15.3. The highest BCUT2D eigenvalue weighted by atomic mass is 16.5. The standard InChI is InChI=1S/C21H23N3O3/c1-21(2)19(25)18(15-10-14(12-22)8-9-17(15)27-21)24-20(26)16(23)11-13-6-4-3-5-7-13/h3-10,16,18-19,25H,11,23H2,1-2H3,(H,24,26)/t16-,18-,19+/m0/s1. The minimum absolute atomic E-state index is 0.367. The van der Waals surface area contributed by atoms with E-state index in [0.717, 1.165) is 5.56 Å². The molecule has 1 aliphatic rings. The molecule has 0 spiro atoms. The quantitative estimate of drug-likeness (QED) is 0.766. The molecule has 1 heterocycles. The molecule has 140 valence electrons. The number of nitrogens with zero attached hydrogens (tertiary/aromatic N) is 1. The average Bonchev–Trinajstić information content (AvgIpc) is 2.65. The summed E-state index contributed by atoms with van der Waals surface area (Å²) in [5, 5.41) is 22.8. The Morgan fingerprint density at radius 1 is 1.33 bits per heavy atom. The molecule has 6 nitrogen and oxygen atoms in total. The van der Waals surface area contributed by atoms with Crippen molar-refractivity contribution >= 4 is 5.91 Å². The van der Waals surface area contributed by atoms with Crippen molar-refractivity contribution in [2.45, 2.75) is 44.1 Å². The van der Waals surface area contributed by atoms with Crippen molar-refractivity contribution in [1.82, 2.24) is 5.32 Å². The molecule has 2 aromatic rings. The van der Waals surface area contributed by atoms with Crippen molar-refractivity contribution < 1.29 is 14.6 Å². The summed E-state index contributed by atoms with van der Waals surface area (Å²) in [6.07, 6.45) is -0.604. The van der Waals surface area contributed by atoms with Crippen LogP contribution in [0.5, 0.6) is 5.75 Å². The van der Waals surface area contributed by atoms with Crippen molar-refractivity contribution in [1.29, 1.82) is 5.26 Å². The highest BCUT2D eigenvalue weighted by Crippen LogP contribution is 2.40. The summed E-state index contributed by atoms with van der Waals surface area (Å²) >= 11 is 0. The minimum Gasteiger partial charge on any atom is -0.485 e. The summed E-state index contributed by atoms with van der Waals surface area (Å²) in [5.41, 5.74) is 7.13. The molecule has 0 unspecified atom stereocenters. The second-order valence-electron chi connectivity index (χ2n) is 7.30. The molecule has 0 aromatic heterocycles. The number of nitriles is 1. The van der Waals surface area contributed by atoms with Gasteiger partial charge in [-0.05, 0) is 44.0 Å². The number of benzene rings is 2. The third kappa shape index (κ3) is 3.95. The van der Waals surface area contributed by atoms with E-state index in [9.17, 15) is 9.90 Å². The number of ether oxygens (including phenoxy) is 1. The van der Waals surface area contributed by atoms with E-state index in [1.807, 2.05) is 30.3 Å². The van der Waals surface area contributed by atoms with Gasteiger partial charge in [0.1, 0.15) is 17.5 Å². The first-order valence-electron chi connectivity index (χ1n) is 8.83. The van der Waals surface area contributed by atoms with Crippen molar-refractivity contribution in [3.63, 3.8) is 0 Å². The van der Waals surface area contributed by atoms with Crippen LogP contribution in [-0.4, -0.2) is 28.8 Å². The van der Waals surface area contributed by atoms with Crippen LogP contribution in [0.4, 0.5) is 0 Å². The summed E-state index contributed by atoms with van der Waals surface area (Å²) in [5.74, 6) is 0.167. The largest absolute Gasteiger partial charge is 0.485 e. The van der Waals surface area contributed by atoms with Crippen LogP contribution >= 0.6 is 0 Å². The normalized spacial score (nSPS) is 21.3.